The van der Waals surface area contributed by atoms with Crippen LogP contribution in [0.15, 0.2) is 60.9 Å². The minimum atomic E-state index is -2.09. The van der Waals surface area contributed by atoms with E-state index in [-0.39, 0.29) is 32.6 Å². The summed E-state index contributed by atoms with van der Waals surface area (Å²) >= 11 is 1.69. The molecule has 10 rings (SSSR count). The van der Waals surface area contributed by atoms with Crippen molar-refractivity contribution in [3.05, 3.63) is 88.1 Å². The van der Waals surface area contributed by atoms with Gasteiger partial charge in [-0.05, 0) is 115 Å². The number of rotatable bonds is 12. The van der Waals surface area contributed by atoms with Gasteiger partial charge in [0.15, 0.2) is 0 Å². The number of carbonyl (C=O) groups excluding carboxylic acids is 4. The summed E-state index contributed by atoms with van der Waals surface area (Å²) in [5.41, 5.74) is -0.00725. The predicted octanol–water partition coefficient (Wildman–Crippen LogP) is 9.60. The summed E-state index contributed by atoms with van der Waals surface area (Å²) in [6.45, 7) is 5.59. The smallest absolute Gasteiger partial charge is 0.407 e. The van der Waals surface area contributed by atoms with Crippen LogP contribution < -0.4 is 15.4 Å². The summed E-state index contributed by atoms with van der Waals surface area (Å²) in [5, 5.41) is 5.53. The number of likely N-dealkylation sites (tertiary alicyclic amines) is 2. The number of fused-ring (bicyclic) bond motifs is 5. The first-order valence-corrected chi connectivity index (χ1v) is 24.3. The van der Waals surface area contributed by atoms with Gasteiger partial charge in [0, 0.05) is 34.5 Å². The number of aromatic nitrogens is 5. The molecule has 2 aromatic carbocycles. The Kier molecular flexibility index (Phi) is 14.5. The molecule has 0 spiro atoms. The number of H-pyrrole nitrogens is 2. The topological polar surface area (TPSA) is 189 Å². The Bertz CT molecular complexity index is 3030. The number of nitrogens with zero attached hydrogens (tertiary/aromatic N) is 5. The van der Waals surface area contributed by atoms with Crippen molar-refractivity contribution in [2.24, 2.45) is 0 Å². The molecule has 3 fully saturated rings. The van der Waals surface area contributed by atoms with E-state index >= 15 is 13.2 Å². The Morgan fingerprint density at radius 2 is 1.29 bits per heavy atom. The molecule has 384 valence electrons. The minimum Gasteiger partial charge on any atom is -0.464 e. The van der Waals surface area contributed by atoms with Crippen molar-refractivity contribution < 1.29 is 46.6 Å². The first-order chi connectivity index (χ1) is 33.4. The third kappa shape index (κ3) is 9.76. The number of aromatic amines is 2. The quantitative estimate of drug-likeness (QED) is 0.0925. The molecule has 1 aliphatic carbocycles. The maximum atomic E-state index is 16.9. The number of alkyl halides is 2. The van der Waals surface area contributed by atoms with Gasteiger partial charge in [0.1, 0.15) is 46.6 Å². The van der Waals surface area contributed by atoms with Crippen LogP contribution in [0.25, 0.3) is 44.7 Å². The highest BCUT2D eigenvalue weighted by molar-refractivity contribution is 7.59. The lowest BCUT2D eigenvalue weighted by atomic mass is 9.99. The highest BCUT2D eigenvalue weighted by atomic mass is 32.1. The Balaban J connectivity index is 0.00000347. The zero-order chi connectivity index (χ0) is 49.4. The van der Waals surface area contributed by atoms with Gasteiger partial charge < -0.3 is 44.6 Å². The van der Waals surface area contributed by atoms with Gasteiger partial charge in [0.2, 0.25) is 18.0 Å². The molecular formula is C50H58F3N9O7S3. The second-order valence-corrected chi connectivity index (χ2v) is 20.6. The number of alkyl carbamates (subject to hydrolysis) is 2. The number of hydrogen-bond donors (Lipinski definition) is 4. The summed E-state index contributed by atoms with van der Waals surface area (Å²) in [7, 11) is 2.30. The number of hydrogen-bond acceptors (Lipinski definition) is 10. The molecule has 3 unspecified atom stereocenters. The van der Waals surface area contributed by atoms with Crippen LogP contribution in [-0.2, 0) is 19.1 Å². The lowest BCUT2D eigenvalue weighted by molar-refractivity contribution is -0.138. The van der Waals surface area contributed by atoms with Crippen molar-refractivity contribution in [1.82, 2.24) is 44.9 Å². The maximum absolute atomic E-state index is 16.9. The SMILES string of the molecule is COC(=O)NC(C(=O)N1CCC[C@H]1c1ncc(-c2cc(F)c3c(c2)OC(c2ccc(C4CC4)s2)n2c-3cc3cc(-c4cnc([C@@H]5CCCN5C(=O)C(NC(=O)OC)C(C)(C)F)[nH]4)ccc32)[nH]1)C(C)(C)F.S.S. The van der Waals surface area contributed by atoms with Crippen LogP contribution in [0.4, 0.5) is 22.8 Å². The van der Waals surface area contributed by atoms with Crippen LogP contribution >= 0.6 is 38.3 Å². The normalized spacial score (nSPS) is 19.3. The summed E-state index contributed by atoms with van der Waals surface area (Å²) in [5.74, 6) is 0.109. The summed E-state index contributed by atoms with van der Waals surface area (Å²) in [6, 6.07) is 11.3. The van der Waals surface area contributed by atoms with E-state index in [0.717, 1.165) is 48.4 Å². The Hall–Kier alpha value is -6.13. The van der Waals surface area contributed by atoms with Crippen LogP contribution in [0.2, 0.25) is 0 Å². The number of thiophene rings is 1. The molecule has 7 heterocycles. The van der Waals surface area contributed by atoms with Crippen LogP contribution in [0.5, 0.6) is 5.75 Å². The molecule has 16 nitrogen and oxygen atoms in total. The lowest BCUT2D eigenvalue weighted by Gasteiger charge is -2.32. The van der Waals surface area contributed by atoms with E-state index in [1.807, 2.05) is 28.8 Å². The Morgan fingerprint density at radius 3 is 1.82 bits per heavy atom. The average Bonchev–Trinajstić information content (AvgIpc) is 4.05. The largest absolute Gasteiger partial charge is 0.464 e. The third-order valence-corrected chi connectivity index (χ3v) is 15.0. The van der Waals surface area contributed by atoms with Gasteiger partial charge in [0.25, 0.3) is 0 Å². The van der Waals surface area contributed by atoms with Crippen LogP contribution in [0.1, 0.15) is 112 Å². The number of methoxy groups -OCH3 is 2. The first kappa shape index (κ1) is 52.2. The van der Waals surface area contributed by atoms with Gasteiger partial charge >= 0.3 is 12.2 Å². The molecule has 4 aliphatic rings. The average molecular weight is 1050 g/mol. The van der Waals surface area contributed by atoms with E-state index in [1.165, 1.54) is 43.5 Å². The molecule has 0 bridgehead atoms. The number of benzene rings is 2. The summed E-state index contributed by atoms with van der Waals surface area (Å²) in [4.78, 5) is 73.0. The fraction of sp³-hybridized carbons (Fsp3) is 0.440. The molecule has 4 N–H and O–H groups in total. The molecule has 5 atom stereocenters. The standard InChI is InChI=1S/C50H54F3N9O7S.2H2S/c1-49(2,52)40(58-47(65)67-5)44(63)60-17-7-9-33(60)42-54-23-30(56-42)26-13-14-32-28(19-26)21-35-39-29(51)20-27(22-36(39)69-46(62(32)35)38-16-15-37(70-38)25-11-12-25)31-24-55-43(57-31)34-10-8-18-61(34)45(64)41(50(3,4)53)59-48(66)68-6;;/h13-16,19-25,33-34,40-41,46H,7-12,17-18H2,1-6H3,(H,54,56)(H,55,57)(H,58,65)(H,59,66);2*1H2/t33-,34-,40?,41?,46?;;/m0../s1. The van der Waals surface area contributed by atoms with Crippen molar-refractivity contribution >= 4 is 73.2 Å². The molecule has 72 heavy (non-hydrogen) atoms. The van der Waals surface area contributed by atoms with Gasteiger partial charge in [-0.1, -0.05) is 6.07 Å². The van der Waals surface area contributed by atoms with E-state index in [9.17, 15) is 19.2 Å². The number of carbonyl (C=O) groups is 4. The second-order valence-electron chi connectivity index (χ2n) is 19.5. The van der Waals surface area contributed by atoms with Crippen molar-refractivity contribution in [2.45, 2.75) is 114 Å². The molecule has 4 aromatic heterocycles. The van der Waals surface area contributed by atoms with Crippen LogP contribution in [0, 0.1) is 5.82 Å². The zero-order valence-corrected chi connectivity index (χ0v) is 43.3. The highest BCUT2D eigenvalue weighted by Gasteiger charge is 2.45. The molecular weight excluding hydrogens is 992 g/mol. The minimum absolute atomic E-state index is 0. The van der Waals surface area contributed by atoms with E-state index in [0.29, 0.717) is 84.7 Å². The number of nitrogens with one attached hydrogen (secondary N) is 4. The zero-order valence-electron chi connectivity index (χ0n) is 40.5. The summed E-state index contributed by atoms with van der Waals surface area (Å²) in [6.07, 6.45) is 5.48. The van der Waals surface area contributed by atoms with Crippen LogP contribution in [-0.4, -0.2) is 109 Å². The Morgan fingerprint density at radius 1 is 0.750 bits per heavy atom. The second kappa shape index (κ2) is 20.1. The lowest BCUT2D eigenvalue weighted by Crippen LogP contribution is -2.56. The molecule has 0 radical (unpaired) electrons. The molecule has 4 amide bonds. The number of imidazole rings is 2. The molecule has 2 saturated heterocycles. The summed E-state index contributed by atoms with van der Waals surface area (Å²) < 4.78 is 65.8. The first-order valence-electron chi connectivity index (χ1n) is 23.4. The third-order valence-electron chi connectivity index (χ3n) is 13.8. The van der Waals surface area contributed by atoms with Gasteiger partial charge in [-0.15, -0.1) is 11.3 Å². The number of amides is 4. The van der Waals surface area contributed by atoms with Crippen molar-refractivity contribution in [3.8, 4) is 39.5 Å². The monoisotopic (exact) mass is 1050 g/mol. The Labute approximate surface area is 431 Å². The van der Waals surface area contributed by atoms with Gasteiger partial charge in [0.05, 0.1) is 71.7 Å². The number of halogens is 3. The van der Waals surface area contributed by atoms with Gasteiger partial charge in [-0.25, -0.2) is 32.7 Å². The van der Waals surface area contributed by atoms with Crippen LogP contribution in [0.3, 0.4) is 0 Å². The molecule has 6 aromatic rings. The van der Waals surface area contributed by atoms with Crippen molar-refractivity contribution in [1.29, 1.82) is 0 Å². The van der Waals surface area contributed by atoms with Gasteiger partial charge in [-0.3, -0.25) is 14.2 Å². The van der Waals surface area contributed by atoms with Gasteiger partial charge in [-0.2, -0.15) is 27.0 Å². The fourth-order valence-corrected chi connectivity index (χ4v) is 11.2. The number of ether oxygens (including phenoxy) is 3. The van der Waals surface area contributed by atoms with E-state index in [1.54, 1.807) is 34.7 Å². The maximum Gasteiger partial charge on any atom is 0.407 e. The fourth-order valence-electron chi connectivity index (χ4n) is 10.0. The van der Waals surface area contributed by atoms with E-state index in [2.05, 4.69) is 52.2 Å². The van der Waals surface area contributed by atoms with E-state index in [4.69, 9.17) is 4.74 Å². The molecule has 3 aliphatic heterocycles. The predicted molar refractivity (Wildman–Crippen MR) is 275 cm³/mol. The van der Waals surface area contributed by atoms with Crippen molar-refractivity contribution in [2.75, 3.05) is 27.3 Å². The highest BCUT2D eigenvalue weighted by Crippen LogP contribution is 2.50. The molecule has 22 heteroatoms. The molecule has 1 saturated carbocycles. The van der Waals surface area contributed by atoms with Crippen molar-refractivity contribution in [3.63, 3.8) is 0 Å². The van der Waals surface area contributed by atoms with E-state index < -0.39 is 71.6 Å².